The van der Waals surface area contributed by atoms with E-state index in [1.165, 1.54) is 16.7 Å². The molecule has 1 saturated heterocycles. The molecule has 1 unspecified atom stereocenters. The van der Waals surface area contributed by atoms with E-state index in [1.807, 2.05) is 0 Å². The molecule has 0 spiro atoms. The zero-order valence-electron chi connectivity index (χ0n) is 7.66. The van der Waals surface area contributed by atoms with E-state index in [2.05, 4.69) is 0 Å². The van der Waals surface area contributed by atoms with Gasteiger partial charge in [0.2, 0.25) is 5.91 Å². The lowest BCUT2D eigenvalue weighted by Gasteiger charge is -2.49. The third-order valence-electron chi connectivity index (χ3n) is 2.53. The largest absolute Gasteiger partial charge is 0.479 e. The summed E-state index contributed by atoms with van der Waals surface area (Å²) in [5.41, 5.74) is 5.85. The number of aliphatic hydroxyl groups excluding tert-OH is 1. The summed E-state index contributed by atoms with van der Waals surface area (Å²) in [6.45, 7) is -0.365. The Morgan fingerprint density at radius 1 is 1.67 bits per heavy atom. The van der Waals surface area contributed by atoms with Gasteiger partial charge in [-0.1, -0.05) is 0 Å². The van der Waals surface area contributed by atoms with Gasteiger partial charge in [-0.15, -0.1) is 11.8 Å². The van der Waals surface area contributed by atoms with E-state index in [0.29, 0.717) is 5.57 Å². The molecule has 4 N–H and O–H groups in total. The second kappa shape index (κ2) is 3.51. The predicted octanol–water partition coefficient (Wildman–Crippen LogP) is -1.44. The predicted molar refractivity (Wildman–Crippen MR) is 52.8 cm³/mol. The number of carboxylic acids is 1. The number of thioether (sulfide) groups is 1. The quantitative estimate of drug-likeness (QED) is 0.502. The number of fused-ring (bicyclic) bond motifs is 1. The average molecular weight is 230 g/mol. The average Bonchev–Trinajstić information content (AvgIpc) is 2.25. The number of β-lactam (4-membered cyclic amide) rings is 1. The third-order valence-corrected chi connectivity index (χ3v) is 3.76. The molecule has 0 saturated carbocycles. The number of nitrogens with zero attached hydrogens (tertiary/aromatic N) is 1. The topological polar surface area (TPSA) is 104 Å². The molecule has 7 heteroatoms. The maximum atomic E-state index is 11.4. The van der Waals surface area contributed by atoms with Crippen LogP contribution in [0.5, 0.6) is 0 Å². The lowest BCUT2D eigenvalue weighted by Crippen LogP contribution is -2.72. The zero-order chi connectivity index (χ0) is 11.2. The Morgan fingerprint density at radius 3 is 2.87 bits per heavy atom. The van der Waals surface area contributed by atoms with Gasteiger partial charge in [0, 0.05) is 0 Å². The molecule has 0 aliphatic carbocycles. The van der Waals surface area contributed by atoms with E-state index in [1.54, 1.807) is 5.41 Å². The van der Waals surface area contributed by atoms with Crippen molar-refractivity contribution in [3.63, 3.8) is 0 Å². The van der Waals surface area contributed by atoms with Gasteiger partial charge in [-0.3, -0.25) is 4.79 Å². The first-order valence-corrected chi connectivity index (χ1v) is 5.28. The normalized spacial score (nSPS) is 34.3. The SMILES string of the molecule is N[C@@H]1C(=O)N2C(C(=O)O)C(CO)=CS[C@H]12. The number of aliphatic carboxylic acids is 1. The maximum Gasteiger partial charge on any atom is 0.330 e. The van der Waals surface area contributed by atoms with Crippen LogP contribution in [0.1, 0.15) is 0 Å². The maximum absolute atomic E-state index is 11.4. The van der Waals surface area contributed by atoms with Gasteiger partial charge in [0.15, 0.2) is 6.04 Å². The Hall–Kier alpha value is -1.05. The van der Waals surface area contributed by atoms with Crippen LogP contribution in [0.25, 0.3) is 0 Å². The fraction of sp³-hybridized carbons (Fsp3) is 0.500. The van der Waals surface area contributed by atoms with Crippen molar-refractivity contribution in [2.75, 3.05) is 6.61 Å². The summed E-state index contributed by atoms with van der Waals surface area (Å²) in [6.07, 6.45) is 0. The van der Waals surface area contributed by atoms with Gasteiger partial charge >= 0.3 is 5.97 Å². The van der Waals surface area contributed by atoms with Crippen molar-refractivity contribution in [2.24, 2.45) is 5.73 Å². The van der Waals surface area contributed by atoms with E-state index in [-0.39, 0.29) is 17.9 Å². The van der Waals surface area contributed by atoms with E-state index in [9.17, 15) is 9.59 Å². The Labute approximate surface area is 89.7 Å². The number of carbonyl (C=O) groups is 2. The van der Waals surface area contributed by atoms with Crippen molar-refractivity contribution in [3.8, 4) is 0 Å². The van der Waals surface area contributed by atoms with Crippen LogP contribution in [0.15, 0.2) is 11.0 Å². The van der Waals surface area contributed by atoms with Crippen molar-refractivity contribution >= 4 is 23.6 Å². The zero-order valence-corrected chi connectivity index (χ0v) is 8.48. The molecule has 1 amide bonds. The molecule has 6 nitrogen and oxygen atoms in total. The van der Waals surface area contributed by atoms with E-state index >= 15 is 0 Å². The minimum atomic E-state index is -1.14. The van der Waals surface area contributed by atoms with Crippen LogP contribution in [0.3, 0.4) is 0 Å². The molecule has 0 aromatic heterocycles. The van der Waals surface area contributed by atoms with E-state index in [4.69, 9.17) is 15.9 Å². The van der Waals surface area contributed by atoms with Crippen molar-refractivity contribution in [1.29, 1.82) is 0 Å². The Bertz CT molecular complexity index is 357. The van der Waals surface area contributed by atoms with Crippen LogP contribution in [0.2, 0.25) is 0 Å². The molecular formula is C8H10N2O4S. The molecule has 2 aliphatic rings. The highest BCUT2D eigenvalue weighted by Crippen LogP contribution is 2.38. The number of hydrogen-bond acceptors (Lipinski definition) is 5. The minimum absolute atomic E-state index is 0.311. The molecule has 2 aliphatic heterocycles. The second-order valence-corrected chi connectivity index (χ2v) is 4.38. The molecule has 82 valence electrons. The molecule has 15 heavy (non-hydrogen) atoms. The number of rotatable bonds is 2. The summed E-state index contributed by atoms with van der Waals surface area (Å²) in [6, 6.07) is -1.69. The van der Waals surface area contributed by atoms with Crippen LogP contribution >= 0.6 is 11.8 Å². The summed E-state index contributed by atoms with van der Waals surface area (Å²) in [4.78, 5) is 23.6. The Kier molecular flexibility index (Phi) is 2.45. The summed E-state index contributed by atoms with van der Waals surface area (Å²) in [5, 5.41) is 19.2. The molecule has 3 atom stereocenters. The Morgan fingerprint density at radius 2 is 2.33 bits per heavy atom. The third kappa shape index (κ3) is 1.35. The fourth-order valence-electron chi connectivity index (χ4n) is 1.74. The molecule has 0 aromatic carbocycles. The highest BCUT2D eigenvalue weighted by molar-refractivity contribution is 8.02. The summed E-state index contributed by atoms with van der Waals surface area (Å²) >= 11 is 1.27. The van der Waals surface area contributed by atoms with Crippen LogP contribution < -0.4 is 5.73 Å². The first-order chi connectivity index (χ1) is 7.07. The van der Waals surface area contributed by atoms with Crippen LogP contribution in [0, 0.1) is 0 Å². The van der Waals surface area contributed by atoms with Gasteiger partial charge in [0.25, 0.3) is 0 Å². The highest BCUT2D eigenvalue weighted by Gasteiger charge is 2.53. The van der Waals surface area contributed by atoms with Crippen molar-refractivity contribution in [1.82, 2.24) is 4.90 Å². The fourth-order valence-corrected chi connectivity index (χ4v) is 2.90. The number of aliphatic hydroxyl groups is 1. The number of amides is 1. The first kappa shape index (κ1) is 10.5. The standard InChI is InChI=1S/C8H10N2O4S/c9-4-6(12)10-5(8(13)14)3(1-11)2-15-7(4)10/h2,4-5,7,11H,1,9H2,(H,13,14)/t4-,5?,7-/m1/s1. The van der Waals surface area contributed by atoms with Gasteiger partial charge in [0.05, 0.1) is 6.61 Å². The molecular weight excluding hydrogens is 220 g/mol. The van der Waals surface area contributed by atoms with Gasteiger partial charge in [0.1, 0.15) is 11.4 Å². The lowest BCUT2D eigenvalue weighted by atomic mass is 9.99. The number of carboxylic acid groups (broad SMARTS) is 1. The van der Waals surface area contributed by atoms with Gasteiger partial charge in [-0.25, -0.2) is 4.79 Å². The van der Waals surface area contributed by atoms with E-state index < -0.39 is 18.1 Å². The Balaban J connectivity index is 2.31. The summed E-state index contributed by atoms with van der Waals surface area (Å²) in [5.74, 6) is -1.51. The van der Waals surface area contributed by atoms with Gasteiger partial charge < -0.3 is 20.8 Å². The number of carbonyl (C=O) groups excluding carboxylic acids is 1. The van der Waals surface area contributed by atoms with Crippen molar-refractivity contribution < 1.29 is 19.8 Å². The first-order valence-electron chi connectivity index (χ1n) is 4.33. The second-order valence-electron chi connectivity index (χ2n) is 3.39. The van der Waals surface area contributed by atoms with Crippen LogP contribution in [-0.4, -0.2) is 51.1 Å². The van der Waals surface area contributed by atoms with Crippen molar-refractivity contribution in [2.45, 2.75) is 17.5 Å². The smallest absolute Gasteiger partial charge is 0.330 e. The molecule has 0 aromatic rings. The molecule has 1 fully saturated rings. The monoisotopic (exact) mass is 230 g/mol. The number of nitrogens with two attached hydrogens (primary N) is 1. The van der Waals surface area contributed by atoms with Gasteiger partial charge in [-0.05, 0) is 11.0 Å². The number of hydrogen-bond donors (Lipinski definition) is 3. The summed E-state index contributed by atoms with van der Waals surface area (Å²) < 4.78 is 0. The van der Waals surface area contributed by atoms with Crippen molar-refractivity contribution in [3.05, 3.63) is 11.0 Å². The van der Waals surface area contributed by atoms with Crippen LogP contribution in [-0.2, 0) is 9.59 Å². The van der Waals surface area contributed by atoms with Crippen LogP contribution in [0.4, 0.5) is 0 Å². The molecule has 2 rings (SSSR count). The lowest BCUT2D eigenvalue weighted by molar-refractivity contribution is -0.158. The van der Waals surface area contributed by atoms with E-state index in [0.717, 1.165) is 0 Å². The molecule has 2 heterocycles. The molecule has 0 radical (unpaired) electrons. The minimum Gasteiger partial charge on any atom is -0.479 e. The van der Waals surface area contributed by atoms with Gasteiger partial charge in [-0.2, -0.15) is 0 Å². The molecule has 0 bridgehead atoms. The highest BCUT2D eigenvalue weighted by atomic mass is 32.2. The summed E-state index contributed by atoms with van der Waals surface area (Å²) in [7, 11) is 0.